The summed E-state index contributed by atoms with van der Waals surface area (Å²) in [5, 5.41) is 18.1. The van der Waals surface area contributed by atoms with Crippen molar-refractivity contribution in [2.24, 2.45) is 0 Å². The standard InChI is InChI=1S/C30H25FN10O2/c1-18(42)41-10-6-19(7-11-41)29-28-21(22-13-26-20(12-23(22)31)14-35-40(26)41)4-2-5-25(28)39(37-29)16-27(43)36-24-15-32-17-33-30(24)38-9-3-8-34-38/h2-5,8-9,12-15,17,19H,6-7,10-11,16H2,1H3/p+1. The Morgan fingerprint density at radius 3 is 2.72 bits per heavy atom. The van der Waals surface area contributed by atoms with Crippen LogP contribution in [0.4, 0.5) is 10.1 Å². The number of hydrogen-bond acceptors (Lipinski definition) is 7. The van der Waals surface area contributed by atoms with Gasteiger partial charge in [0.05, 0.1) is 30.5 Å². The number of quaternary nitrogens is 1. The minimum absolute atomic E-state index is 0.0122. The van der Waals surface area contributed by atoms with Crippen LogP contribution in [-0.4, -0.2) is 64.3 Å². The van der Waals surface area contributed by atoms with E-state index < -0.39 is 0 Å². The van der Waals surface area contributed by atoms with Crippen LogP contribution in [0.1, 0.15) is 31.4 Å². The molecule has 3 aliphatic heterocycles. The van der Waals surface area contributed by atoms with Gasteiger partial charge in [0.2, 0.25) is 5.91 Å². The lowest BCUT2D eigenvalue weighted by Crippen LogP contribution is -2.65. The Morgan fingerprint density at radius 1 is 1.07 bits per heavy atom. The van der Waals surface area contributed by atoms with Gasteiger partial charge in [-0.15, -0.1) is 9.69 Å². The van der Waals surface area contributed by atoms with Gasteiger partial charge < -0.3 is 5.32 Å². The van der Waals surface area contributed by atoms with E-state index >= 15 is 4.39 Å². The van der Waals surface area contributed by atoms with Crippen molar-refractivity contribution < 1.29 is 14.0 Å². The second-order valence-corrected chi connectivity index (χ2v) is 11.1. The van der Waals surface area contributed by atoms with E-state index in [9.17, 15) is 9.59 Å². The van der Waals surface area contributed by atoms with Gasteiger partial charge in [0, 0.05) is 47.5 Å². The van der Waals surface area contributed by atoms with E-state index in [4.69, 9.17) is 5.10 Å². The molecule has 0 aliphatic carbocycles. The lowest BCUT2D eigenvalue weighted by molar-refractivity contribution is -0.137. The van der Waals surface area contributed by atoms with Crippen LogP contribution in [0.5, 0.6) is 0 Å². The van der Waals surface area contributed by atoms with Gasteiger partial charge in [-0.1, -0.05) is 16.9 Å². The maximum Gasteiger partial charge on any atom is 0.336 e. The third-order valence-electron chi connectivity index (χ3n) is 8.74. The van der Waals surface area contributed by atoms with Crippen LogP contribution in [0.2, 0.25) is 0 Å². The fraction of sp³-hybridized carbons (Fsp3) is 0.233. The van der Waals surface area contributed by atoms with Crippen molar-refractivity contribution in [3.05, 3.63) is 79.0 Å². The highest BCUT2D eigenvalue weighted by atomic mass is 19.1. The van der Waals surface area contributed by atoms with Crippen molar-refractivity contribution in [1.29, 1.82) is 0 Å². The number of rotatable bonds is 4. The minimum atomic E-state index is -0.387. The summed E-state index contributed by atoms with van der Waals surface area (Å²) in [6, 6.07) is 10.7. The molecule has 7 heterocycles. The van der Waals surface area contributed by atoms with Gasteiger partial charge in [0.15, 0.2) is 5.82 Å². The second-order valence-electron chi connectivity index (χ2n) is 11.1. The zero-order valence-electron chi connectivity index (χ0n) is 23.2. The Bertz CT molecular complexity index is 2070. The number of carbonyl (C=O) groups is 2. The minimum Gasteiger partial charge on any atom is -0.320 e. The Balaban J connectivity index is 1.26. The number of halogens is 1. The van der Waals surface area contributed by atoms with Gasteiger partial charge in [-0.2, -0.15) is 10.2 Å². The molecule has 0 radical (unpaired) electrons. The van der Waals surface area contributed by atoms with Crippen molar-refractivity contribution in [2.75, 3.05) is 18.4 Å². The van der Waals surface area contributed by atoms with E-state index in [0.29, 0.717) is 59.5 Å². The number of carbonyl (C=O) groups excluding carboxylic acids is 2. The molecule has 0 saturated carbocycles. The molecule has 2 aromatic carbocycles. The second kappa shape index (κ2) is 9.36. The van der Waals surface area contributed by atoms with Crippen molar-refractivity contribution in [3.63, 3.8) is 0 Å². The van der Waals surface area contributed by atoms with Crippen LogP contribution < -0.4 is 9.91 Å². The van der Waals surface area contributed by atoms with E-state index in [1.807, 2.05) is 18.2 Å². The maximum atomic E-state index is 15.8. The highest BCUT2D eigenvalue weighted by molar-refractivity contribution is 6.01. The SMILES string of the molecule is CC(=O)[N+]12CCC(CC1)c1nn(CC(=O)Nc3cncnc3-n3cccn3)c3cccc(c13)-c1cc3c(cnn32)cc1F. The average molecular weight is 578 g/mol. The number of nitrogens with one attached hydrogen (secondary N) is 1. The molecule has 1 fully saturated rings. The number of fused-ring (bicyclic) bond motifs is 2. The molecule has 1 saturated heterocycles. The van der Waals surface area contributed by atoms with Gasteiger partial charge in [-0.3, -0.25) is 9.48 Å². The van der Waals surface area contributed by atoms with Crippen LogP contribution in [0.15, 0.2) is 67.5 Å². The molecule has 2 amide bonds. The summed E-state index contributed by atoms with van der Waals surface area (Å²) in [5.41, 5.74) is 3.74. The summed E-state index contributed by atoms with van der Waals surface area (Å²) in [6.45, 7) is 2.57. The quantitative estimate of drug-likeness (QED) is 0.317. The largest absolute Gasteiger partial charge is 0.336 e. The first-order valence-electron chi connectivity index (χ1n) is 14.1. The first-order valence-corrected chi connectivity index (χ1v) is 14.1. The predicted molar refractivity (Wildman–Crippen MR) is 156 cm³/mol. The molecule has 0 atom stereocenters. The highest BCUT2D eigenvalue weighted by Gasteiger charge is 2.44. The van der Waals surface area contributed by atoms with Crippen molar-refractivity contribution in [2.45, 2.75) is 32.2 Å². The summed E-state index contributed by atoms with van der Waals surface area (Å²) < 4.78 is 19.0. The summed E-state index contributed by atoms with van der Waals surface area (Å²) in [6.07, 6.45) is 9.26. The van der Waals surface area contributed by atoms with Gasteiger partial charge in [0.1, 0.15) is 43.0 Å². The summed E-state index contributed by atoms with van der Waals surface area (Å²) in [5.74, 6) is -0.272. The van der Waals surface area contributed by atoms with Gasteiger partial charge in [-0.05, 0) is 29.8 Å². The van der Waals surface area contributed by atoms with Crippen LogP contribution in [0, 0.1) is 5.82 Å². The van der Waals surface area contributed by atoms with E-state index in [0.717, 1.165) is 16.6 Å². The highest BCUT2D eigenvalue weighted by Crippen LogP contribution is 2.42. The lowest BCUT2D eigenvalue weighted by atomic mass is 9.88. The van der Waals surface area contributed by atoms with Crippen LogP contribution in [0.3, 0.4) is 0 Å². The molecule has 12 nitrogen and oxygen atoms in total. The molecule has 0 unspecified atom stereocenters. The fourth-order valence-electron chi connectivity index (χ4n) is 6.65. The molecule has 9 rings (SSSR count). The third kappa shape index (κ3) is 3.81. The number of aromatic nitrogens is 8. The van der Waals surface area contributed by atoms with Gasteiger partial charge >= 0.3 is 5.91 Å². The molecule has 214 valence electrons. The molecule has 1 N–H and O–H groups in total. The predicted octanol–water partition coefficient (Wildman–Crippen LogP) is 3.68. The van der Waals surface area contributed by atoms with E-state index in [1.54, 1.807) is 51.8 Å². The number of hydrogen-bond donors (Lipinski definition) is 1. The zero-order chi connectivity index (χ0) is 29.3. The Hall–Kier alpha value is -5.30. The summed E-state index contributed by atoms with van der Waals surface area (Å²) in [4.78, 5) is 36.7. The van der Waals surface area contributed by atoms with E-state index in [2.05, 4.69) is 25.5 Å². The molecule has 4 aromatic heterocycles. The number of anilines is 1. The zero-order valence-corrected chi connectivity index (χ0v) is 23.2. The van der Waals surface area contributed by atoms with E-state index in [-0.39, 0.29) is 34.7 Å². The molecule has 6 aromatic rings. The Kier molecular flexibility index (Phi) is 5.53. The number of amides is 2. The molecule has 13 heteroatoms. The summed E-state index contributed by atoms with van der Waals surface area (Å²) >= 11 is 0. The van der Waals surface area contributed by atoms with Crippen molar-refractivity contribution in [3.8, 4) is 16.9 Å². The smallest absolute Gasteiger partial charge is 0.320 e. The number of piperidine rings is 1. The van der Waals surface area contributed by atoms with Crippen LogP contribution >= 0.6 is 0 Å². The monoisotopic (exact) mass is 577 g/mol. The third-order valence-corrected chi connectivity index (χ3v) is 8.74. The maximum absolute atomic E-state index is 15.8. The normalized spacial score (nSPS) is 19.2. The molecular formula is C30H26FN10O2+. The average Bonchev–Trinajstić information content (AvgIpc) is 3.76. The molecule has 43 heavy (non-hydrogen) atoms. The first kappa shape index (κ1) is 25.4. The Morgan fingerprint density at radius 2 is 1.93 bits per heavy atom. The topological polar surface area (TPSA) is 125 Å². The number of nitrogens with zero attached hydrogens (tertiary/aromatic N) is 9. The Labute approximate surface area is 243 Å². The van der Waals surface area contributed by atoms with Crippen molar-refractivity contribution in [1.82, 2.24) is 44.0 Å². The molecule has 3 aliphatic rings. The first-order chi connectivity index (χ1) is 20.9. The molecule has 4 bridgehead atoms. The van der Waals surface area contributed by atoms with Crippen molar-refractivity contribution >= 4 is 39.3 Å². The molecular weight excluding hydrogens is 551 g/mol. The molecule has 0 spiro atoms. The van der Waals surface area contributed by atoms with Crippen LogP contribution in [0.25, 0.3) is 38.8 Å². The lowest BCUT2D eigenvalue weighted by Gasteiger charge is -2.39. The fourth-order valence-corrected chi connectivity index (χ4v) is 6.65. The van der Waals surface area contributed by atoms with Gasteiger partial charge in [0.25, 0.3) is 0 Å². The summed E-state index contributed by atoms with van der Waals surface area (Å²) in [7, 11) is 0. The van der Waals surface area contributed by atoms with Gasteiger partial charge in [-0.25, -0.2) is 23.8 Å². The number of benzene rings is 2. The van der Waals surface area contributed by atoms with Crippen LogP contribution in [-0.2, 0) is 16.1 Å². The van der Waals surface area contributed by atoms with E-state index in [1.165, 1.54) is 18.6 Å².